The van der Waals surface area contributed by atoms with E-state index in [4.69, 9.17) is 5.41 Å². The molecule has 1 heteroatoms. The Morgan fingerprint density at radius 2 is 1.21 bits per heavy atom. The van der Waals surface area contributed by atoms with E-state index in [0.717, 1.165) is 17.5 Å². The molecule has 0 atom stereocenters. The van der Waals surface area contributed by atoms with Crippen molar-refractivity contribution in [2.45, 2.75) is 64.7 Å². The van der Waals surface area contributed by atoms with E-state index in [1.807, 2.05) is 30.3 Å². The van der Waals surface area contributed by atoms with Gasteiger partial charge in [0.05, 0.1) is 5.71 Å². The van der Waals surface area contributed by atoms with Gasteiger partial charge >= 0.3 is 0 Å². The van der Waals surface area contributed by atoms with Crippen molar-refractivity contribution in [1.29, 1.82) is 5.41 Å². The third-order valence-electron chi connectivity index (χ3n) is 4.62. The highest BCUT2D eigenvalue weighted by atomic mass is 14.4. The van der Waals surface area contributed by atoms with Gasteiger partial charge in [0, 0.05) is 5.56 Å². The first-order valence-corrected chi connectivity index (χ1v) is 9.54. The summed E-state index contributed by atoms with van der Waals surface area (Å²) in [5.41, 5.74) is 3.98. The molecule has 0 fully saturated rings. The summed E-state index contributed by atoms with van der Waals surface area (Å²) in [7, 11) is 0. The van der Waals surface area contributed by atoms with Crippen LogP contribution in [0, 0.1) is 5.41 Å². The van der Waals surface area contributed by atoms with E-state index < -0.39 is 0 Å². The molecule has 128 valence electrons. The van der Waals surface area contributed by atoms with Gasteiger partial charge in [0.25, 0.3) is 0 Å². The summed E-state index contributed by atoms with van der Waals surface area (Å²) in [6, 6.07) is 18.5. The Labute approximate surface area is 147 Å². The number of benzene rings is 2. The van der Waals surface area contributed by atoms with Gasteiger partial charge in [-0.25, -0.2) is 0 Å². The summed E-state index contributed by atoms with van der Waals surface area (Å²) in [5, 5.41) is 8.30. The SMILES string of the molecule is CCCCCCCCCCc1ccc(C(=N)c2ccccc2)cc1. The summed E-state index contributed by atoms with van der Waals surface area (Å²) in [4.78, 5) is 0. The van der Waals surface area contributed by atoms with Crippen molar-refractivity contribution in [1.82, 2.24) is 0 Å². The zero-order valence-electron chi connectivity index (χ0n) is 15.1. The van der Waals surface area contributed by atoms with Crippen LogP contribution in [0.4, 0.5) is 0 Å². The van der Waals surface area contributed by atoms with Crippen LogP contribution in [-0.4, -0.2) is 5.71 Å². The second-order valence-electron chi connectivity index (χ2n) is 6.66. The first-order valence-electron chi connectivity index (χ1n) is 9.54. The van der Waals surface area contributed by atoms with Crippen molar-refractivity contribution in [3.8, 4) is 0 Å². The molecule has 2 aromatic rings. The molecular weight excluding hydrogens is 290 g/mol. The molecule has 1 nitrogen and oxygen atoms in total. The molecule has 0 bridgehead atoms. The predicted octanol–water partition coefficient (Wildman–Crippen LogP) is 6.79. The minimum atomic E-state index is 0.606. The second kappa shape index (κ2) is 10.8. The van der Waals surface area contributed by atoms with E-state index in [9.17, 15) is 0 Å². The van der Waals surface area contributed by atoms with Crippen LogP contribution in [0.2, 0.25) is 0 Å². The maximum absolute atomic E-state index is 8.30. The molecule has 0 aliphatic carbocycles. The standard InChI is InChI=1S/C23H31N/c1-2-3-4-5-6-7-8-10-13-20-16-18-22(19-17-20)23(24)21-14-11-9-12-15-21/h9,11-12,14-19,24H,2-8,10,13H2,1H3. The summed E-state index contributed by atoms with van der Waals surface area (Å²) in [5.74, 6) is 0. The fraction of sp³-hybridized carbons (Fsp3) is 0.435. The van der Waals surface area contributed by atoms with E-state index in [-0.39, 0.29) is 0 Å². The third kappa shape index (κ3) is 6.31. The largest absolute Gasteiger partial charge is 0.300 e. The average molecular weight is 322 g/mol. The Hall–Kier alpha value is -1.89. The Bertz CT molecular complexity index is 583. The zero-order chi connectivity index (χ0) is 17.0. The molecule has 0 radical (unpaired) electrons. The lowest BCUT2D eigenvalue weighted by Crippen LogP contribution is -2.01. The third-order valence-corrected chi connectivity index (χ3v) is 4.62. The highest BCUT2D eigenvalue weighted by Crippen LogP contribution is 2.14. The molecule has 0 unspecified atom stereocenters. The molecule has 0 amide bonds. The molecule has 0 spiro atoms. The van der Waals surface area contributed by atoms with Crippen molar-refractivity contribution >= 4 is 5.71 Å². The van der Waals surface area contributed by atoms with Crippen molar-refractivity contribution < 1.29 is 0 Å². The maximum Gasteiger partial charge on any atom is 0.0684 e. The Morgan fingerprint density at radius 1 is 0.667 bits per heavy atom. The first-order chi connectivity index (χ1) is 11.8. The predicted molar refractivity (Wildman–Crippen MR) is 105 cm³/mol. The highest BCUT2D eigenvalue weighted by molar-refractivity contribution is 6.10. The fourth-order valence-electron chi connectivity index (χ4n) is 3.07. The number of aryl methyl sites for hydroxylation is 1. The number of hydrogen-bond acceptors (Lipinski definition) is 1. The minimum Gasteiger partial charge on any atom is -0.300 e. The van der Waals surface area contributed by atoms with Crippen LogP contribution in [0.15, 0.2) is 54.6 Å². The molecule has 0 aromatic heterocycles. The van der Waals surface area contributed by atoms with Crippen molar-refractivity contribution in [2.24, 2.45) is 0 Å². The molecule has 0 heterocycles. The normalized spacial score (nSPS) is 10.7. The number of nitrogens with one attached hydrogen (secondary N) is 1. The summed E-state index contributed by atoms with van der Waals surface area (Å²) < 4.78 is 0. The topological polar surface area (TPSA) is 23.9 Å². The van der Waals surface area contributed by atoms with Crippen LogP contribution in [0.3, 0.4) is 0 Å². The van der Waals surface area contributed by atoms with Gasteiger partial charge < -0.3 is 0 Å². The van der Waals surface area contributed by atoms with Gasteiger partial charge in [0.2, 0.25) is 0 Å². The lowest BCUT2D eigenvalue weighted by molar-refractivity contribution is 0.575. The lowest BCUT2D eigenvalue weighted by atomic mass is 9.99. The summed E-state index contributed by atoms with van der Waals surface area (Å²) in [6.07, 6.45) is 12.1. The van der Waals surface area contributed by atoms with Crippen LogP contribution in [0.1, 0.15) is 75.0 Å². The summed E-state index contributed by atoms with van der Waals surface area (Å²) >= 11 is 0. The van der Waals surface area contributed by atoms with Crippen molar-refractivity contribution in [2.75, 3.05) is 0 Å². The van der Waals surface area contributed by atoms with Crippen molar-refractivity contribution in [3.05, 3.63) is 71.3 Å². The Balaban J connectivity index is 1.70. The average Bonchev–Trinajstić information content (AvgIpc) is 2.64. The number of hydrogen-bond donors (Lipinski definition) is 1. The van der Waals surface area contributed by atoms with E-state index in [1.54, 1.807) is 0 Å². The van der Waals surface area contributed by atoms with Crippen LogP contribution in [-0.2, 0) is 6.42 Å². The molecular formula is C23H31N. The monoisotopic (exact) mass is 321 g/mol. The smallest absolute Gasteiger partial charge is 0.0684 e. The minimum absolute atomic E-state index is 0.606. The van der Waals surface area contributed by atoms with Gasteiger partial charge in [0.1, 0.15) is 0 Å². The molecule has 0 aliphatic heterocycles. The van der Waals surface area contributed by atoms with Gasteiger partial charge in [-0.15, -0.1) is 0 Å². The quantitative estimate of drug-likeness (QED) is 0.348. The van der Waals surface area contributed by atoms with Gasteiger partial charge in [-0.1, -0.05) is 106 Å². The molecule has 2 aromatic carbocycles. The maximum atomic E-state index is 8.30. The zero-order valence-corrected chi connectivity index (χ0v) is 15.1. The first kappa shape index (κ1) is 18.4. The van der Waals surface area contributed by atoms with Crippen molar-refractivity contribution in [3.63, 3.8) is 0 Å². The second-order valence-corrected chi connectivity index (χ2v) is 6.66. The van der Waals surface area contributed by atoms with Gasteiger partial charge in [-0.3, -0.25) is 5.41 Å². The molecule has 0 aliphatic rings. The van der Waals surface area contributed by atoms with Crippen LogP contribution < -0.4 is 0 Å². The Kier molecular flexibility index (Phi) is 8.31. The Morgan fingerprint density at radius 3 is 1.83 bits per heavy atom. The van der Waals surface area contributed by atoms with Gasteiger partial charge in [-0.2, -0.15) is 0 Å². The molecule has 2 rings (SSSR count). The van der Waals surface area contributed by atoms with Crippen LogP contribution >= 0.6 is 0 Å². The van der Waals surface area contributed by atoms with Crippen LogP contribution in [0.5, 0.6) is 0 Å². The van der Waals surface area contributed by atoms with Gasteiger partial charge in [-0.05, 0) is 24.0 Å². The summed E-state index contributed by atoms with van der Waals surface area (Å²) in [6.45, 7) is 2.27. The van der Waals surface area contributed by atoms with Crippen LogP contribution in [0.25, 0.3) is 0 Å². The molecule has 24 heavy (non-hydrogen) atoms. The lowest BCUT2D eigenvalue weighted by Gasteiger charge is -2.06. The molecule has 1 N–H and O–H groups in total. The fourth-order valence-corrected chi connectivity index (χ4v) is 3.07. The van der Waals surface area contributed by atoms with E-state index in [2.05, 4.69) is 31.2 Å². The van der Waals surface area contributed by atoms with E-state index in [0.29, 0.717) is 5.71 Å². The highest BCUT2D eigenvalue weighted by Gasteiger charge is 2.04. The molecule has 0 saturated heterocycles. The molecule has 0 saturated carbocycles. The van der Waals surface area contributed by atoms with E-state index >= 15 is 0 Å². The number of rotatable bonds is 11. The van der Waals surface area contributed by atoms with Gasteiger partial charge in [0.15, 0.2) is 0 Å². The van der Waals surface area contributed by atoms with E-state index in [1.165, 1.54) is 56.9 Å². The number of unbranched alkanes of at least 4 members (excludes halogenated alkanes) is 7.